The lowest BCUT2D eigenvalue weighted by Crippen LogP contribution is -2.42. The van der Waals surface area contributed by atoms with Gasteiger partial charge in [0.1, 0.15) is 0 Å². The number of benzene rings is 4. The van der Waals surface area contributed by atoms with Gasteiger partial charge in [-0.1, -0.05) is 84.9 Å². The molecule has 0 radical (unpaired) electrons. The number of aliphatic hydroxyl groups excluding tert-OH is 1. The fourth-order valence-electron chi connectivity index (χ4n) is 6.38. The Hall–Kier alpha value is -3.85. The molecule has 7 nitrogen and oxygen atoms in total. The SMILES string of the molecule is COC[C@@H]1CCCN1C[C@H]1C[C@@H](c2ccc(CO)cc2)O[C@@H](c2ccc(-c3cccc(CNC(=O)c4ccccc4)c3)cc2)O1. The summed E-state index contributed by atoms with van der Waals surface area (Å²) in [6.07, 6.45) is 2.47. The van der Waals surface area contributed by atoms with Gasteiger partial charge in [0.05, 0.1) is 25.4 Å². The Labute approximate surface area is 265 Å². The third kappa shape index (κ3) is 7.87. The Balaban J connectivity index is 1.16. The van der Waals surface area contributed by atoms with Crippen molar-refractivity contribution in [2.45, 2.75) is 57.0 Å². The lowest BCUT2D eigenvalue weighted by atomic mass is 9.98. The van der Waals surface area contributed by atoms with Crippen molar-refractivity contribution in [2.24, 2.45) is 0 Å². The average Bonchev–Trinajstić information content (AvgIpc) is 3.54. The largest absolute Gasteiger partial charge is 0.392 e. The molecule has 1 amide bonds. The summed E-state index contributed by atoms with van der Waals surface area (Å²) in [5, 5.41) is 12.5. The van der Waals surface area contributed by atoms with E-state index >= 15 is 0 Å². The first-order chi connectivity index (χ1) is 22.1. The number of nitrogens with one attached hydrogen (secondary N) is 1. The number of nitrogens with zero attached hydrogens (tertiary/aromatic N) is 1. The van der Waals surface area contributed by atoms with Crippen molar-refractivity contribution in [3.63, 3.8) is 0 Å². The number of amides is 1. The van der Waals surface area contributed by atoms with Crippen LogP contribution in [-0.2, 0) is 27.4 Å². The van der Waals surface area contributed by atoms with Crippen LogP contribution in [0.5, 0.6) is 0 Å². The van der Waals surface area contributed by atoms with Gasteiger partial charge in [-0.2, -0.15) is 0 Å². The van der Waals surface area contributed by atoms with Crippen LogP contribution < -0.4 is 5.32 Å². The predicted molar refractivity (Wildman–Crippen MR) is 174 cm³/mol. The van der Waals surface area contributed by atoms with E-state index in [1.165, 1.54) is 6.42 Å². The van der Waals surface area contributed by atoms with E-state index in [1.807, 2.05) is 54.6 Å². The Morgan fingerprint density at radius 3 is 2.42 bits per heavy atom. The first-order valence-corrected chi connectivity index (χ1v) is 15.9. The summed E-state index contributed by atoms with van der Waals surface area (Å²) in [4.78, 5) is 15.0. The first kappa shape index (κ1) is 31.1. The van der Waals surface area contributed by atoms with Crippen LogP contribution in [-0.4, -0.2) is 54.9 Å². The molecule has 2 fully saturated rings. The van der Waals surface area contributed by atoms with Crippen LogP contribution in [0, 0.1) is 0 Å². The van der Waals surface area contributed by atoms with Gasteiger partial charge in [-0.15, -0.1) is 0 Å². The third-order valence-corrected chi connectivity index (χ3v) is 8.84. The van der Waals surface area contributed by atoms with Crippen LogP contribution in [0.15, 0.2) is 103 Å². The van der Waals surface area contributed by atoms with Crippen LogP contribution >= 0.6 is 0 Å². The van der Waals surface area contributed by atoms with E-state index in [9.17, 15) is 9.90 Å². The fraction of sp³-hybridized carbons (Fsp3) is 0.342. The molecular formula is C38H42N2O5. The van der Waals surface area contributed by atoms with Crippen molar-refractivity contribution in [2.75, 3.05) is 26.8 Å². The molecule has 4 atom stereocenters. The zero-order valence-electron chi connectivity index (χ0n) is 25.8. The lowest BCUT2D eigenvalue weighted by Gasteiger charge is -2.38. The van der Waals surface area contributed by atoms with Crippen molar-refractivity contribution in [3.8, 4) is 11.1 Å². The first-order valence-electron chi connectivity index (χ1n) is 15.9. The number of rotatable bonds is 11. The Morgan fingerprint density at radius 1 is 0.889 bits per heavy atom. The lowest BCUT2D eigenvalue weighted by molar-refractivity contribution is -0.253. The maximum atomic E-state index is 12.5. The number of aliphatic hydroxyl groups is 1. The molecule has 45 heavy (non-hydrogen) atoms. The summed E-state index contributed by atoms with van der Waals surface area (Å²) < 4.78 is 18.7. The molecule has 0 unspecified atom stereocenters. The molecule has 0 spiro atoms. The molecular weight excluding hydrogens is 564 g/mol. The smallest absolute Gasteiger partial charge is 0.251 e. The van der Waals surface area contributed by atoms with Crippen molar-refractivity contribution in [1.29, 1.82) is 0 Å². The molecule has 234 valence electrons. The second kappa shape index (κ2) is 15.0. The minimum absolute atomic E-state index is 0.00572. The molecule has 4 aromatic rings. The highest BCUT2D eigenvalue weighted by Crippen LogP contribution is 2.39. The summed E-state index contributed by atoms with van der Waals surface area (Å²) in [7, 11) is 1.77. The zero-order valence-corrected chi connectivity index (χ0v) is 25.8. The van der Waals surface area contributed by atoms with Gasteiger partial charge in [0.2, 0.25) is 0 Å². The minimum Gasteiger partial charge on any atom is -0.392 e. The predicted octanol–water partition coefficient (Wildman–Crippen LogP) is 6.43. The zero-order chi connectivity index (χ0) is 31.0. The van der Waals surface area contributed by atoms with Gasteiger partial charge in [-0.3, -0.25) is 9.69 Å². The molecule has 6 rings (SSSR count). The number of ether oxygens (including phenoxy) is 3. The highest BCUT2D eigenvalue weighted by atomic mass is 16.7. The molecule has 0 bridgehead atoms. The summed E-state index contributed by atoms with van der Waals surface area (Å²) in [5.41, 5.74) is 6.80. The van der Waals surface area contributed by atoms with Gasteiger partial charge in [0.15, 0.2) is 6.29 Å². The Morgan fingerprint density at radius 2 is 1.67 bits per heavy atom. The van der Waals surface area contributed by atoms with E-state index in [-0.39, 0.29) is 24.7 Å². The average molecular weight is 607 g/mol. The summed E-state index contributed by atoms with van der Waals surface area (Å²) in [6, 6.07) is 34.3. The van der Waals surface area contributed by atoms with E-state index < -0.39 is 6.29 Å². The van der Waals surface area contributed by atoms with E-state index in [0.717, 1.165) is 65.9 Å². The van der Waals surface area contributed by atoms with Gasteiger partial charge in [0.25, 0.3) is 5.91 Å². The van der Waals surface area contributed by atoms with Gasteiger partial charge in [0, 0.05) is 43.8 Å². The fourth-order valence-corrected chi connectivity index (χ4v) is 6.38. The number of hydrogen-bond donors (Lipinski definition) is 2. The van der Waals surface area contributed by atoms with Crippen LogP contribution in [0.3, 0.4) is 0 Å². The third-order valence-electron chi connectivity index (χ3n) is 8.84. The van der Waals surface area contributed by atoms with E-state index in [2.05, 4.69) is 58.7 Å². The standard InChI is InChI=1S/C38H42N2O5/c1-43-26-34-11-6-20-40(34)24-35-22-36(30-14-12-27(25-41)13-15-30)45-38(44-35)32-18-16-29(17-19-32)33-10-5-7-28(21-33)23-39-37(42)31-8-3-2-4-9-31/h2-5,7-10,12-19,21,34-36,38,41H,6,11,20,22-26H2,1H3,(H,39,42)/t34-,35+,36-,38-/m0/s1. The Bertz CT molecular complexity index is 1530. The van der Waals surface area contributed by atoms with Crippen molar-refractivity contribution >= 4 is 5.91 Å². The quantitative estimate of drug-likeness (QED) is 0.205. The highest BCUT2D eigenvalue weighted by molar-refractivity contribution is 5.94. The molecule has 0 aromatic heterocycles. The second-order valence-corrected chi connectivity index (χ2v) is 12.0. The van der Waals surface area contributed by atoms with Crippen LogP contribution in [0.2, 0.25) is 0 Å². The number of carbonyl (C=O) groups excluding carboxylic acids is 1. The van der Waals surface area contributed by atoms with Crippen LogP contribution in [0.25, 0.3) is 11.1 Å². The second-order valence-electron chi connectivity index (χ2n) is 12.0. The maximum absolute atomic E-state index is 12.5. The van der Waals surface area contributed by atoms with E-state index in [0.29, 0.717) is 18.2 Å². The van der Waals surface area contributed by atoms with Gasteiger partial charge >= 0.3 is 0 Å². The number of carbonyl (C=O) groups is 1. The van der Waals surface area contributed by atoms with Crippen LogP contribution in [0.1, 0.15) is 64.3 Å². The van der Waals surface area contributed by atoms with Gasteiger partial charge < -0.3 is 24.6 Å². The molecule has 2 heterocycles. The summed E-state index contributed by atoms with van der Waals surface area (Å²) in [5.74, 6) is -0.0854. The topological polar surface area (TPSA) is 80.3 Å². The number of likely N-dealkylation sites (tertiary alicyclic amines) is 1. The number of methoxy groups -OCH3 is 1. The molecule has 2 N–H and O–H groups in total. The molecule has 7 heteroatoms. The summed E-state index contributed by atoms with van der Waals surface area (Å²) in [6.45, 7) is 3.10. The molecule has 0 aliphatic carbocycles. The molecule has 4 aromatic carbocycles. The molecule has 2 saturated heterocycles. The molecule has 2 aliphatic heterocycles. The minimum atomic E-state index is -0.497. The van der Waals surface area contributed by atoms with Gasteiger partial charge in [-0.05, 0) is 65.4 Å². The normalized spacial score (nSPS) is 21.9. The van der Waals surface area contributed by atoms with Crippen LogP contribution in [0.4, 0.5) is 0 Å². The van der Waals surface area contributed by atoms with Crippen molar-refractivity contribution in [1.82, 2.24) is 10.2 Å². The van der Waals surface area contributed by atoms with Crippen molar-refractivity contribution < 1.29 is 24.1 Å². The van der Waals surface area contributed by atoms with Crippen molar-refractivity contribution in [3.05, 3.63) is 131 Å². The Kier molecular flexibility index (Phi) is 10.4. The van der Waals surface area contributed by atoms with E-state index in [4.69, 9.17) is 14.2 Å². The molecule has 0 saturated carbocycles. The maximum Gasteiger partial charge on any atom is 0.251 e. The number of hydrogen-bond acceptors (Lipinski definition) is 6. The van der Waals surface area contributed by atoms with Gasteiger partial charge in [-0.25, -0.2) is 0 Å². The highest BCUT2D eigenvalue weighted by Gasteiger charge is 2.35. The molecule has 2 aliphatic rings. The monoisotopic (exact) mass is 606 g/mol. The van der Waals surface area contributed by atoms with E-state index in [1.54, 1.807) is 7.11 Å². The summed E-state index contributed by atoms with van der Waals surface area (Å²) >= 11 is 0.